The third-order valence-corrected chi connectivity index (χ3v) is 10.3. The number of aromatic hydroxyl groups is 1. The van der Waals surface area contributed by atoms with Crippen LogP contribution in [0.15, 0.2) is 22.7 Å². The summed E-state index contributed by atoms with van der Waals surface area (Å²) in [5, 5.41) is 48.8. The summed E-state index contributed by atoms with van der Waals surface area (Å²) in [7, 11) is 3.12. The number of fused-ring (bicyclic) bond motifs is 6. The first-order valence-corrected chi connectivity index (χ1v) is 14.4. The number of likely N-dealkylation sites (N-methyl/N-ethyl adjacent to an activating group) is 1. The molecule has 0 bridgehead atoms. The van der Waals surface area contributed by atoms with E-state index in [9.17, 15) is 34.8 Å². The van der Waals surface area contributed by atoms with Gasteiger partial charge in [0.15, 0.2) is 17.1 Å². The molecule has 1 fully saturated rings. The molecule has 2 heterocycles. The Morgan fingerprint density at radius 3 is 2.55 bits per heavy atom. The molecule has 6 rings (SSSR count). The molecule has 1 amide bonds. The highest BCUT2D eigenvalue weighted by Gasteiger charge is 2.63. The summed E-state index contributed by atoms with van der Waals surface area (Å²) in [6.07, 6.45) is 1.54. The molecule has 6 atom stereocenters. The van der Waals surface area contributed by atoms with Crippen molar-refractivity contribution in [2.75, 3.05) is 39.0 Å². The number of aliphatic hydroxyl groups is 3. The molecule has 0 saturated carbocycles. The van der Waals surface area contributed by atoms with Crippen LogP contribution in [0.3, 0.4) is 0 Å². The van der Waals surface area contributed by atoms with Crippen LogP contribution >= 0.6 is 0 Å². The molecular weight excluding hydrogens is 547 g/mol. The molecule has 5 aliphatic rings. The average Bonchev–Trinajstić information content (AvgIpc) is 3.24. The number of halogens is 1. The summed E-state index contributed by atoms with van der Waals surface area (Å²) < 4.78 is 16.7. The van der Waals surface area contributed by atoms with Gasteiger partial charge in [0.25, 0.3) is 5.91 Å². The molecule has 11 nitrogen and oxygen atoms in total. The van der Waals surface area contributed by atoms with Crippen molar-refractivity contribution in [3.63, 3.8) is 0 Å². The number of Topliss-reactive ketones (excluding diaryl/α,β-unsaturated/α-hetero) is 2. The molecule has 3 aliphatic carbocycles. The third kappa shape index (κ3) is 3.45. The molecule has 2 aliphatic heterocycles. The minimum Gasteiger partial charge on any atom is -0.510 e. The standard InChI is InChI=1S/C30H37FN4O7/c1-5-7-35-8-6-29(2)11-33-20-17(25(29)35)19(31)13-9-12-10-14-21(34(3)4)24(38)18(28(32)41)27(40)30(14,42)26(39)15(12)22(36)16(13)23(20)37/h12,14,21,25,33,37-39,42H,5-11H2,1-4H3,(H2,32,41)/t12-,14-,21-,25?,29?,30-/m0/s1. The van der Waals surface area contributed by atoms with Crippen LogP contribution in [0.4, 0.5) is 10.1 Å². The van der Waals surface area contributed by atoms with E-state index < -0.39 is 69.6 Å². The molecule has 0 aromatic heterocycles. The Labute approximate surface area is 242 Å². The fourth-order valence-electron chi connectivity index (χ4n) is 8.44. The minimum atomic E-state index is -2.74. The number of likely N-dealkylation sites (tertiary alicyclic amines) is 1. The van der Waals surface area contributed by atoms with Gasteiger partial charge in [0, 0.05) is 40.6 Å². The fraction of sp³-hybridized carbons (Fsp3) is 0.567. The largest absolute Gasteiger partial charge is 0.510 e. The third-order valence-electron chi connectivity index (χ3n) is 10.3. The normalized spacial score (nSPS) is 34.1. The van der Waals surface area contributed by atoms with Gasteiger partial charge in [-0.25, -0.2) is 4.39 Å². The topological polar surface area (TPSA) is 177 Å². The summed E-state index contributed by atoms with van der Waals surface area (Å²) in [5.41, 5.74) is 1.36. The second-order valence-corrected chi connectivity index (χ2v) is 13.0. The number of anilines is 1. The molecule has 42 heavy (non-hydrogen) atoms. The van der Waals surface area contributed by atoms with E-state index in [4.69, 9.17) is 5.73 Å². The van der Waals surface area contributed by atoms with E-state index in [1.807, 2.05) is 0 Å². The van der Waals surface area contributed by atoms with Gasteiger partial charge in [0.1, 0.15) is 22.9 Å². The van der Waals surface area contributed by atoms with Crippen molar-refractivity contribution in [3.05, 3.63) is 45.2 Å². The highest BCUT2D eigenvalue weighted by molar-refractivity contribution is 6.25. The first-order valence-electron chi connectivity index (χ1n) is 14.4. The van der Waals surface area contributed by atoms with Crippen molar-refractivity contribution in [2.24, 2.45) is 23.0 Å². The van der Waals surface area contributed by atoms with E-state index in [-0.39, 0.29) is 46.7 Å². The number of phenols is 1. The van der Waals surface area contributed by atoms with Gasteiger partial charge in [-0.2, -0.15) is 0 Å². The summed E-state index contributed by atoms with van der Waals surface area (Å²) >= 11 is 0. The molecular formula is C30H37FN4O7. The second kappa shape index (κ2) is 9.26. The lowest BCUT2D eigenvalue weighted by atomic mass is 9.58. The number of hydrogen-bond acceptors (Lipinski definition) is 10. The van der Waals surface area contributed by atoms with Gasteiger partial charge in [-0.05, 0) is 58.8 Å². The maximum Gasteiger partial charge on any atom is 0.255 e. The predicted molar refractivity (Wildman–Crippen MR) is 149 cm³/mol. The van der Waals surface area contributed by atoms with E-state index in [2.05, 4.69) is 24.1 Å². The molecule has 0 radical (unpaired) electrons. The van der Waals surface area contributed by atoms with Crippen LogP contribution in [-0.4, -0.2) is 93.1 Å². The van der Waals surface area contributed by atoms with Crippen LogP contribution in [0.25, 0.3) is 0 Å². The number of carbonyl (C=O) groups is 3. The number of ketones is 2. The lowest BCUT2D eigenvalue weighted by molar-refractivity contribution is -0.148. The maximum atomic E-state index is 16.7. The van der Waals surface area contributed by atoms with Crippen molar-refractivity contribution < 1.29 is 39.2 Å². The van der Waals surface area contributed by atoms with Crippen molar-refractivity contribution in [1.29, 1.82) is 0 Å². The number of nitrogens with two attached hydrogens (primary N) is 1. The molecule has 2 unspecified atom stereocenters. The average molecular weight is 585 g/mol. The first-order chi connectivity index (χ1) is 19.7. The zero-order chi connectivity index (χ0) is 30.6. The van der Waals surface area contributed by atoms with E-state index in [1.165, 1.54) is 4.90 Å². The molecule has 12 heteroatoms. The summed E-state index contributed by atoms with van der Waals surface area (Å²) in [6.45, 7) is 6.14. The number of nitrogens with zero attached hydrogens (tertiary/aromatic N) is 2. The highest BCUT2D eigenvalue weighted by atomic mass is 19.1. The van der Waals surface area contributed by atoms with Crippen LogP contribution in [-0.2, 0) is 16.0 Å². The van der Waals surface area contributed by atoms with Crippen LogP contribution in [0.5, 0.6) is 5.75 Å². The van der Waals surface area contributed by atoms with Crippen molar-refractivity contribution >= 4 is 23.2 Å². The number of allylic oxidation sites excluding steroid dienone is 1. The zero-order valence-corrected chi connectivity index (χ0v) is 24.1. The van der Waals surface area contributed by atoms with Gasteiger partial charge in [-0.15, -0.1) is 0 Å². The van der Waals surface area contributed by atoms with Crippen LogP contribution in [0, 0.1) is 23.1 Å². The lowest BCUT2D eigenvalue weighted by Crippen LogP contribution is -2.63. The van der Waals surface area contributed by atoms with Crippen LogP contribution in [0.1, 0.15) is 60.6 Å². The van der Waals surface area contributed by atoms with E-state index in [0.717, 1.165) is 25.9 Å². The number of benzene rings is 1. The minimum absolute atomic E-state index is 0.0266. The molecule has 7 N–H and O–H groups in total. The Hall–Kier alpha value is -3.48. The first kappa shape index (κ1) is 28.6. The summed E-state index contributed by atoms with van der Waals surface area (Å²) in [5.74, 6) is -8.12. The molecule has 1 saturated heterocycles. The van der Waals surface area contributed by atoms with Gasteiger partial charge in [0.2, 0.25) is 5.78 Å². The van der Waals surface area contributed by atoms with Gasteiger partial charge >= 0.3 is 0 Å². The quantitative estimate of drug-likeness (QED) is 0.226. The van der Waals surface area contributed by atoms with Crippen molar-refractivity contribution in [1.82, 2.24) is 9.80 Å². The van der Waals surface area contributed by atoms with Gasteiger partial charge in [-0.3, -0.25) is 24.2 Å². The lowest BCUT2D eigenvalue weighted by Gasteiger charge is -2.50. The van der Waals surface area contributed by atoms with Gasteiger partial charge in [0.05, 0.1) is 17.3 Å². The SMILES string of the molecule is CCCN1CCC2(C)CNc3c(O)c4c(c(F)c3C12)C[C@H]1C[C@H]2[C@H](N(C)C)C(O)=C(C(N)=O)C(=O)[C@@]2(O)C(O)=C1C4=O. The number of phenolic OH excluding ortho intramolecular Hbond substituents is 1. The molecule has 1 aromatic rings. The highest BCUT2D eigenvalue weighted by Crippen LogP contribution is 2.58. The number of nitrogens with one attached hydrogen (secondary N) is 1. The molecule has 1 aromatic carbocycles. The zero-order valence-electron chi connectivity index (χ0n) is 24.1. The monoisotopic (exact) mass is 584 g/mol. The Kier molecular flexibility index (Phi) is 6.31. The number of amides is 1. The smallest absolute Gasteiger partial charge is 0.255 e. The van der Waals surface area contributed by atoms with E-state index in [1.54, 1.807) is 14.1 Å². The fourth-order valence-corrected chi connectivity index (χ4v) is 8.44. The predicted octanol–water partition coefficient (Wildman–Crippen LogP) is 1.85. The summed E-state index contributed by atoms with van der Waals surface area (Å²) in [4.78, 5) is 43.3. The Bertz CT molecular complexity index is 1520. The number of carbonyl (C=O) groups excluding carboxylic acids is 3. The van der Waals surface area contributed by atoms with Crippen LogP contribution < -0.4 is 11.1 Å². The number of primary amides is 1. The number of hydrogen-bond donors (Lipinski definition) is 6. The Morgan fingerprint density at radius 1 is 1.24 bits per heavy atom. The second-order valence-electron chi connectivity index (χ2n) is 13.0. The number of aliphatic hydroxyl groups excluding tert-OH is 2. The maximum absolute atomic E-state index is 16.7. The molecule has 0 spiro atoms. The van der Waals surface area contributed by atoms with Crippen molar-refractivity contribution in [2.45, 2.75) is 57.2 Å². The Balaban J connectivity index is 1.54. The van der Waals surface area contributed by atoms with Crippen LogP contribution in [0.2, 0.25) is 0 Å². The number of rotatable bonds is 4. The van der Waals surface area contributed by atoms with Crippen molar-refractivity contribution in [3.8, 4) is 5.75 Å². The van der Waals surface area contributed by atoms with Gasteiger partial charge in [-0.1, -0.05) is 13.8 Å². The Morgan fingerprint density at radius 2 is 1.93 bits per heavy atom. The van der Waals surface area contributed by atoms with Gasteiger partial charge < -0.3 is 31.5 Å². The summed E-state index contributed by atoms with van der Waals surface area (Å²) in [6, 6.07) is -1.41. The van der Waals surface area contributed by atoms with E-state index in [0.29, 0.717) is 12.1 Å². The molecule has 226 valence electrons. The van der Waals surface area contributed by atoms with E-state index >= 15 is 4.39 Å².